The summed E-state index contributed by atoms with van der Waals surface area (Å²) in [7, 11) is 1.67. The summed E-state index contributed by atoms with van der Waals surface area (Å²) in [5, 5.41) is 0.713. The number of fused-ring (bicyclic) bond motifs is 2. The quantitative estimate of drug-likeness (QED) is 0.561. The third kappa shape index (κ3) is 4.20. The average Bonchev–Trinajstić information content (AvgIpc) is 3.26. The molecule has 3 aliphatic heterocycles. The van der Waals surface area contributed by atoms with Crippen LogP contribution in [-0.4, -0.2) is 59.9 Å². The Kier molecular flexibility index (Phi) is 6.72. The zero-order valence-electron chi connectivity index (χ0n) is 20.0. The van der Waals surface area contributed by atoms with Crippen LogP contribution in [0.15, 0.2) is 24.3 Å². The van der Waals surface area contributed by atoms with Gasteiger partial charge < -0.3 is 9.80 Å². The summed E-state index contributed by atoms with van der Waals surface area (Å²) in [6.07, 6.45) is 14.1. The van der Waals surface area contributed by atoms with E-state index in [-0.39, 0.29) is 29.2 Å². The Bertz CT molecular complexity index is 855. The first-order chi connectivity index (χ1) is 16.0. The lowest BCUT2D eigenvalue weighted by Gasteiger charge is -2.50. The van der Waals surface area contributed by atoms with E-state index in [2.05, 4.69) is 21.9 Å². The minimum absolute atomic E-state index is 0.00407. The maximum absolute atomic E-state index is 13.3. The highest BCUT2D eigenvalue weighted by molar-refractivity contribution is 6.30. The van der Waals surface area contributed by atoms with E-state index >= 15 is 0 Å². The van der Waals surface area contributed by atoms with Crippen LogP contribution in [-0.2, 0) is 9.59 Å². The molecular formula is C27H38ClN3O2. The van der Waals surface area contributed by atoms with E-state index in [0.29, 0.717) is 17.6 Å². The van der Waals surface area contributed by atoms with Gasteiger partial charge in [0.15, 0.2) is 0 Å². The van der Waals surface area contributed by atoms with E-state index in [1.165, 1.54) is 62.7 Å². The van der Waals surface area contributed by atoms with Crippen LogP contribution in [0.2, 0.25) is 5.02 Å². The van der Waals surface area contributed by atoms with Gasteiger partial charge in [-0.25, -0.2) is 0 Å². The molecule has 0 bridgehead atoms. The van der Waals surface area contributed by atoms with Gasteiger partial charge in [-0.1, -0.05) is 56.5 Å². The molecule has 4 aliphatic rings. The Labute approximate surface area is 203 Å². The number of carbonyl (C=O) groups excluding carboxylic acids is 2. The monoisotopic (exact) mass is 471 g/mol. The van der Waals surface area contributed by atoms with Crippen molar-refractivity contribution in [2.75, 3.05) is 31.6 Å². The molecule has 5 rings (SSSR count). The molecule has 1 spiro atoms. The number of halogens is 1. The maximum atomic E-state index is 13.3. The van der Waals surface area contributed by atoms with Crippen LogP contribution in [0.4, 0.5) is 5.69 Å². The van der Waals surface area contributed by atoms with Crippen molar-refractivity contribution >= 4 is 29.1 Å². The summed E-state index contributed by atoms with van der Waals surface area (Å²) in [5.74, 6) is -0.431. The first-order valence-corrected chi connectivity index (χ1v) is 13.5. The molecule has 33 heavy (non-hydrogen) atoms. The van der Waals surface area contributed by atoms with Gasteiger partial charge in [0.1, 0.15) is 0 Å². The number of carbonyl (C=O) groups is 2. The molecule has 0 aromatic heterocycles. The Morgan fingerprint density at radius 1 is 0.848 bits per heavy atom. The molecule has 3 saturated heterocycles. The van der Waals surface area contributed by atoms with E-state index in [1.54, 1.807) is 7.05 Å². The van der Waals surface area contributed by atoms with Gasteiger partial charge >= 0.3 is 0 Å². The van der Waals surface area contributed by atoms with Crippen LogP contribution < -0.4 is 4.90 Å². The van der Waals surface area contributed by atoms with Gasteiger partial charge in [-0.15, -0.1) is 0 Å². The SMILES string of the molecule is CN1C(=O)C2CN(c3ccc(Cl)cc3)C3(CCN(C4CCCCCCCCC4)CC3)C2C1=O. The van der Waals surface area contributed by atoms with E-state index in [4.69, 9.17) is 11.6 Å². The molecule has 180 valence electrons. The van der Waals surface area contributed by atoms with Crippen LogP contribution in [0.25, 0.3) is 0 Å². The molecule has 2 unspecified atom stereocenters. The van der Waals surface area contributed by atoms with Crippen molar-refractivity contribution in [2.24, 2.45) is 11.8 Å². The van der Waals surface area contributed by atoms with Gasteiger partial charge in [0, 0.05) is 43.4 Å². The van der Waals surface area contributed by atoms with Gasteiger partial charge in [0.05, 0.1) is 17.4 Å². The van der Waals surface area contributed by atoms with Crippen LogP contribution >= 0.6 is 11.6 Å². The lowest BCUT2D eigenvalue weighted by Crippen LogP contribution is -2.59. The number of hydrogen-bond donors (Lipinski definition) is 0. The maximum Gasteiger partial charge on any atom is 0.235 e. The van der Waals surface area contributed by atoms with Crippen molar-refractivity contribution in [3.63, 3.8) is 0 Å². The van der Waals surface area contributed by atoms with Gasteiger partial charge in [0.2, 0.25) is 11.8 Å². The minimum Gasteiger partial charge on any atom is -0.364 e. The molecule has 0 N–H and O–H groups in total. The zero-order chi connectivity index (χ0) is 23.0. The predicted molar refractivity (Wildman–Crippen MR) is 132 cm³/mol. The summed E-state index contributed by atoms with van der Waals surface area (Å²) in [4.78, 5) is 32.7. The standard InChI is InChI=1S/C27H38ClN3O2/c1-29-25(32)23-19-31(22-13-11-20(28)12-14-22)27(24(23)26(29)33)15-17-30(18-16-27)21-9-7-5-3-2-4-6-8-10-21/h11-14,21,23-24H,2-10,15-19H2,1H3. The van der Waals surface area contributed by atoms with Gasteiger partial charge in [0.25, 0.3) is 0 Å². The Morgan fingerprint density at radius 2 is 1.42 bits per heavy atom. The molecule has 0 radical (unpaired) electrons. The lowest BCUT2D eigenvalue weighted by molar-refractivity contribution is -0.139. The summed E-state index contributed by atoms with van der Waals surface area (Å²) in [6.45, 7) is 2.66. The van der Waals surface area contributed by atoms with Crippen molar-refractivity contribution in [2.45, 2.75) is 82.2 Å². The molecular weight excluding hydrogens is 434 g/mol. The first-order valence-electron chi connectivity index (χ1n) is 13.1. The van der Waals surface area contributed by atoms with Crippen molar-refractivity contribution in [1.82, 2.24) is 9.80 Å². The van der Waals surface area contributed by atoms with E-state index in [0.717, 1.165) is 31.6 Å². The fourth-order valence-corrected chi connectivity index (χ4v) is 7.34. The van der Waals surface area contributed by atoms with Crippen LogP contribution in [0.3, 0.4) is 0 Å². The Balaban J connectivity index is 1.38. The summed E-state index contributed by atoms with van der Waals surface area (Å²) < 4.78 is 0. The minimum atomic E-state index is -0.275. The van der Waals surface area contributed by atoms with Crippen LogP contribution in [0.1, 0.15) is 70.6 Å². The molecule has 3 heterocycles. The number of benzene rings is 1. The number of amides is 2. The Hall–Kier alpha value is -1.59. The summed E-state index contributed by atoms with van der Waals surface area (Å²) in [5.41, 5.74) is 0.812. The van der Waals surface area contributed by atoms with E-state index < -0.39 is 0 Å². The number of hydrogen-bond acceptors (Lipinski definition) is 4. The predicted octanol–water partition coefficient (Wildman–Crippen LogP) is 5.12. The molecule has 2 amide bonds. The van der Waals surface area contributed by atoms with E-state index in [9.17, 15) is 9.59 Å². The number of anilines is 1. The number of rotatable bonds is 2. The lowest BCUT2D eigenvalue weighted by atomic mass is 9.74. The van der Waals surface area contributed by atoms with Crippen molar-refractivity contribution in [1.29, 1.82) is 0 Å². The van der Waals surface area contributed by atoms with E-state index in [1.807, 2.05) is 12.1 Å². The highest BCUT2D eigenvalue weighted by Gasteiger charge is 2.64. The second-order valence-corrected chi connectivity index (χ2v) is 11.2. The van der Waals surface area contributed by atoms with Gasteiger partial charge in [-0.3, -0.25) is 14.5 Å². The molecule has 4 fully saturated rings. The second kappa shape index (κ2) is 9.58. The first kappa shape index (κ1) is 23.2. The Morgan fingerprint density at radius 3 is 2.03 bits per heavy atom. The highest BCUT2D eigenvalue weighted by atomic mass is 35.5. The van der Waals surface area contributed by atoms with Crippen molar-refractivity contribution < 1.29 is 9.59 Å². The largest absolute Gasteiger partial charge is 0.364 e. The number of nitrogens with zero attached hydrogens (tertiary/aromatic N) is 3. The fraction of sp³-hybridized carbons (Fsp3) is 0.704. The number of piperidine rings is 1. The molecule has 2 atom stereocenters. The van der Waals surface area contributed by atoms with Gasteiger partial charge in [-0.2, -0.15) is 0 Å². The molecule has 5 nitrogen and oxygen atoms in total. The number of likely N-dealkylation sites (tertiary alicyclic amines) is 2. The molecule has 1 aliphatic carbocycles. The highest BCUT2D eigenvalue weighted by Crippen LogP contribution is 2.51. The molecule has 1 aromatic rings. The molecule has 1 aromatic carbocycles. The normalized spacial score (nSPS) is 29.6. The van der Waals surface area contributed by atoms with Gasteiger partial charge in [-0.05, 0) is 49.9 Å². The fourth-order valence-electron chi connectivity index (χ4n) is 7.21. The van der Waals surface area contributed by atoms with Crippen LogP contribution in [0, 0.1) is 11.8 Å². The van der Waals surface area contributed by atoms with Crippen LogP contribution in [0.5, 0.6) is 0 Å². The summed E-state index contributed by atoms with van der Waals surface area (Å²) >= 11 is 6.17. The number of imide groups is 1. The smallest absolute Gasteiger partial charge is 0.235 e. The molecule has 1 saturated carbocycles. The topological polar surface area (TPSA) is 43.9 Å². The third-order valence-corrected chi connectivity index (χ3v) is 9.29. The van der Waals surface area contributed by atoms with Crippen molar-refractivity contribution in [3.05, 3.63) is 29.3 Å². The summed E-state index contributed by atoms with van der Waals surface area (Å²) in [6, 6.07) is 8.62. The third-order valence-electron chi connectivity index (χ3n) is 9.04. The van der Waals surface area contributed by atoms with Crippen molar-refractivity contribution in [3.8, 4) is 0 Å². The molecule has 6 heteroatoms. The second-order valence-electron chi connectivity index (χ2n) is 10.8. The zero-order valence-corrected chi connectivity index (χ0v) is 20.7. The average molecular weight is 472 g/mol.